The lowest BCUT2D eigenvalue weighted by Gasteiger charge is -2.57. The van der Waals surface area contributed by atoms with Crippen molar-refractivity contribution in [3.63, 3.8) is 0 Å². The molecule has 4 heteroatoms. The molecule has 3 unspecified atom stereocenters. The van der Waals surface area contributed by atoms with Gasteiger partial charge in [-0.2, -0.15) is 0 Å². The number of hydrogen-bond acceptors (Lipinski definition) is 3. The number of carboxylic acid groups (broad SMARTS) is 1. The van der Waals surface area contributed by atoms with E-state index < -0.39 is 5.97 Å². The Balaban J connectivity index is 1.82. The summed E-state index contributed by atoms with van der Waals surface area (Å²) >= 11 is 0. The van der Waals surface area contributed by atoms with Gasteiger partial charge in [0.05, 0.1) is 6.10 Å². The van der Waals surface area contributed by atoms with Gasteiger partial charge in [-0.15, -0.1) is 0 Å². The van der Waals surface area contributed by atoms with Gasteiger partial charge in [0.2, 0.25) is 0 Å². The maximum absolute atomic E-state index is 11.2. The normalized spacial score (nSPS) is 44.8. The fraction of sp³-hybridized carbons (Fsp3) is 0.960. The topological polar surface area (TPSA) is 83.5 Å². The standard InChI is InChI=1S/C25H45NO3/c1-5-21(27)23-19(24(3)13-10-17(26)11-14-24)12-15-25(4)18(7-8-20(23)25)16(2)6-9-22(28)29/h16-21,23,27H,5-15,26H2,1-4H3,(H,28,29)/t16-,17?,18-,19?,20?,21+,23?,24?,25-/m1/s1. The van der Waals surface area contributed by atoms with Crippen LogP contribution in [0, 0.1) is 40.4 Å². The van der Waals surface area contributed by atoms with E-state index in [2.05, 4.69) is 27.7 Å². The molecular weight excluding hydrogens is 362 g/mol. The number of carboxylic acids is 1. The maximum Gasteiger partial charge on any atom is 0.303 e. The quantitative estimate of drug-likeness (QED) is 0.540. The number of aliphatic hydroxyl groups excluding tert-OH is 1. The minimum absolute atomic E-state index is 0.217. The van der Waals surface area contributed by atoms with Crippen molar-refractivity contribution < 1.29 is 15.0 Å². The van der Waals surface area contributed by atoms with E-state index in [1.165, 1.54) is 38.5 Å². The molecule has 0 saturated heterocycles. The molecule has 3 aliphatic rings. The molecule has 29 heavy (non-hydrogen) atoms. The predicted octanol–water partition coefficient (Wildman–Crippen LogP) is 5.22. The van der Waals surface area contributed by atoms with Crippen LogP contribution in [0.4, 0.5) is 0 Å². The highest BCUT2D eigenvalue weighted by Crippen LogP contribution is 2.65. The van der Waals surface area contributed by atoms with Crippen LogP contribution in [0.2, 0.25) is 0 Å². The average Bonchev–Trinajstić information content (AvgIpc) is 3.04. The van der Waals surface area contributed by atoms with Crippen molar-refractivity contribution in [3.05, 3.63) is 0 Å². The fourth-order valence-corrected chi connectivity index (χ4v) is 8.01. The summed E-state index contributed by atoms with van der Waals surface area (Å²) in [6.45, 7) is 9.35. The molecule has 4 N–H and O–H groups in total. The third-order valence-electron chi connectivity index (χ3n) is 9.84. The molecule has 3 aliphatic carbocycles. The summed E-state index contributed by atoms with van der Waals surface area (Å²) in [7, 11) is 0. The van der Waals surface area contributed by atoms with Gasteiger partial charge >= 0.3 is 5.97 Å². The van der Waals surface area contributed by atoms with Gasteiger partial charge in [0, 0.05) is 12.5 Å². The van der Waals surface area contributed by atoms with E-state index in [0.717, 1.165) is 25.7 Å². The van der Waals surface area contributed by atoms with Gasteiger partial charge in [-0.25, -0.2) is 0 Å². The van der Waals surface area contributed by atoms with Crippen LogP contribution in [0.25, 0.3) is 0 Å². The molecule has 0 heterocycles. The maximum atomic E-state index is 11.2. The number of aliphatic hydroxyl groups is 1. The molecule has 7 atom stereocenters. The molecule has 0 aromatic heterocycles. The lowest BCUT2D eigenvalue weighted by molar-refractivity contribution is -0.137. The predicted molar refractivity (Wildman–Crippen MR) is 117 cm³/mol. The molecular formula is C25H45NO3. The van der Waals surface area contributed by atoms with E-state index in [-0.39, 0.29) is 17.9 Å². The molecule has 0 bridgehead atoms. The number of fused-ring (bicyclic) bond motifs is 1. The van der Waals surface area contributed by atoms with Crippen LogP contribution in [0.3, 0.4) is 0 Å². The van der Waals surface area contributed by atoms with Crippen molar-refractivity contribution in [2.45, 2.75) is 110 Å². The molecule has 3 rings (SSSR count). The Morgan fingerprint density at radius 3 is 2.31 bits per heavy atom. The molecule has 3 saturated carbocycles. The molecule has 0 spiro atoms. The largest absolute Gasteiger partial charge is 0.481 e. The Kier molecular flexibility index (Phi) is 7.05. The Labute approximate surface area is 178 Å². The highest BCUT2D eigenvalue weighted by molar-refractivity contribution is 5.66. The second kappa shape index (κ2) is 8.86. The van der Waals surface area contributed by atoms with Crippen LogP contribution < -0.4 is 5.73 Å². The Morgan fingerprint density at radius 1 is 1.07 bits per heavy atom. The van der Waals surface area contributed by atoms with Crippen molar-refractivity contribution in [1.82, 2.24) is 0 Å². The molecule has 0 amide bonds. The first-order chi connectivity index (χ1) is 13.6. The van der Waals surface area contributed by atoms with Crippen LogP contribution >= 0.6 is 0 Å². The summed E-state index contributed by atoms with van der Waals surface area (Å²) in [5, 5.41) is 20.3. The number of rotatable bonds is 7. The van der Waals surface area contributed by atoms with Crippen molar-refractivity contribution in [1.29, 1.82) is 0 Å². The summed E-state index contributed by atoms with van der Waals surface area (Å²) in [6, 6.07) is 0.359. The minimum Gasteiger partial charge on any atom is -0.481 e. The lowest BCUT2D eigenvalue weighted by atomic mass is 9.49. The van der Waals surface area contributed by atoms with Gasteiger partial charge in [0.25, 0.3) is 0 Å². The minimum atomic E-state index is -0.678. The molecule has 3 fully saturated rings. The smallest absolute Gasteiger partial charge is 0.303 e. The first-order valence-electron chi connectivity index (χ1n) is 12.3. The van der Waals surface area contributed by atoms with Gasteiger partial charge in [0.1, 0.15) is 0 Å². The zero-order valence-corrected chi connectivity index (χ0v) is 19.2. The van der Waals surface area contributed by atoms with Crippen LogP contribution in [0.15, 0.2) is 0 Å². The third-order valence-corrected chi connectivity index (χ3v) is 9.84. The van der Waals surface area contributed by atoms with Gasteiger partial charge in [-0.3, -0.25) is 4.79 Å². The number of hydrogen-bond donors (Lipinski definition) is 3. The highest BCUT2D eigenvalue weighted by Gasteiger charge is 2.58. The molecule has 0 aromatic carbocycles. The Bertz CT molecular complexity index is 570. The lowest BCUT2D eigenvalue weighted by Crippen LogP contribution is -2.52. The van der Waals surface area contributed by atoms with E-state index in [4.69, 9.17) is 10.8 Å². The molecule has 0 radical (unpaired) electrons. The van der Waals surface area contributed by atoms with Gasteiger partial charge in [0.15, 0.2) is 0 Å². The van der Waals surface area contributed by atoms with Gasteiger partial charge in [-0.1, -0.05) is 27.7 Å². The van der Waals surface area contributed by atoms with Crippen molar-refractivity contribution in [2.24, 2.45) is 46.2 Å². The molecule has 0 aromatic rings. The van der Waals surface area contributed by atoms with E-state index in [1.54, 1.807) is 0 Å². The first kappa shape index (κ1) is 23.1. The van der Waals surface area contributed by atoms with Crippen molar-refractivity contribution in [3.8, 4) is 0 Å². The fourth-order valence-electron chi connectivity index (χ4n) is 8.01. The second-order valence-electron chi connectivity index (χ2n) is 11.4. The average molecular weight is 408 g/mol. The summed E-state index contributed by atoms with van der Waals surface area (Å²) < 4.78 is 0. The van der Waals surface area contributed by atoms with Crippen LogP contribution in [-0.2, 0) is 4.79 Å². The number of aliphatic carboxylic acids is 1. The van der Waals surface area contributed by atoms with E-state index in [1.807, 2.05) is 0 Å². The summed E-state index contributed by atoms with van der Waals surface area (Å²) in [5.74, 6) is 1.90. The monoisotopic (exact) mass is 407 g/mol. The first-order valence-corrected chi connectivity index (χ1v) is 12.3. The summed E-state index contributed by atoms with van der Waals surface area (Å²) in [6.07, 6.45) is 11.2. The number of carbonyl (C=O) groups is 1. The second-order valence-corrected chi connectivity index (χ2v) is 11.4. The van der Waals surface area contributed by atoms with E-state index >= 15 is 0 Å². The van der Waals surface area contributed by atoms with E-state index in [9.17, 15) is 9.90 Å². The van der Waals surface area contributed by atoms with Crippen LogP contribution in [-0.4, -0.2) is 28.3 Å². The number of nitrogens with two attached hydrogens (primary N) is 1. The zero-order valence-electron chi connectivity index (χ0n) is 19.2. The van der Waals surface area contributed by atoms with Crippen LogP contribution in [0.5, 0.6) is 0 Å². The van der Waals surface area contributed by atoms with Crippen LogP contribution in [0.1, 0.15) is 98.3 Å². The molecule has 0 aliphatic heterocycles. The Hall–Kier alpha value is -0.610. The van der Waals surface area contributed by atoms with Crippen molar-refractivity contribution in [2.75, 3.05) is 0 Å². The third kappa shape index (κ3) is 4.39. The highest BCUT2D eigenvalue weighted by atomic mass is 16.4. The molecule has 168 valence electrons. The zero-order chi connectivity index (χ0) is 21.4. The summed E-state index contributed by atoms with van der Waals surface area (Å²) in [4.78, 5) is 11.1. The van der Waals surface area contributed by atoms with E-state index in [0.29, 0.717) is 41.0 Å². The van der Waals surface area contributed by atoms with Gasteiger partial charge < -0.3 is 15.9 Å². The molecule has 4 nitrogen and oxygen atoms in total. The Morgan fingerprint density at radius 2 is 1.72 bits per heavy atom. The summed E-state index contributed by atoms with van der Waals surface area (Å²) in [5.41, 5.74) is 6.78. The van der Waals surface area contributed by atoms with Gasteiger partial charge in [-0.05, 0) is 105 Å². The van der Waals surface area contributed by atoms with Crippen molar-refractivity contribution >= 4 is 5.97 Å². The SMILES string of the molecule is CC[C@H](O)C1C(C2(C)CCC(N)CC2)CC[C@@]2(C)C1CC[C@@H]2[C@H](C)CCC(=O)O.